The lowest BCUT2D eigenvalue weighted by Gasteiger charge is -2.29. The summed E-state index contributed by atoms with van der Waals surface area (Å²) in [4.78, 5) is 0. The molecule has 5 heteroatoms. The Hall–Kier alpha value is 0.100. The summed E-state index contributed by atoms with van der Waals surface area (Å²) in [5.74, 6) is 0.414. The van der Waals surface area contributed by atoms with Crippen LogP contribution in [0.15, 0.2) is 0 Å². The molecule has 1 rings (SSSR count). The summed E-state index contributed by atoms with van der Waals surface area (Å²) in [6.07, 6.45) is -3.64. The van der Waals surface area contributed by atoms with E-state index in [9.17, 15) is 17.7 Å². The van der Waals surface area contributed by atoms with Crippen molar-refractivity contribution in [1.82, 2.24) is 0 Å². The molecule has 0 aliphatic carbocycles. The maximum absolute atomic E-state index is 11.5. The van der Waals surface area contributed by atoms with Crippen LogP contribution in [-0.2, 0) is 11.2 Å². The molecule has 0 aromatic carbocycles. The lowest BCUT2D eigenvalue weighted by Crippen LogP contribution is -2.40. The standard InChI is InChI=1S/C5H6F3OS/c6-5(7,8)3-4-1-2-10(4)9/h3-4H,1-2H2. The molecule has 2 atom stereocenters. The summed E-state index contributed by atoms with van der Waals surface area (Å²) in [5, 5.41) is -0.736. The van der Waals surface area contributed by atoms with Crippen LogP contribution in [0.5, 0.6) is 0 Å². The van der Waals surface area contributed by atoms with Crippen molar-refractivity contribution in [3.8, 4) is 0 Å². The molecule has 1 saturated heterocycles. The first-order valence-corrected chi connectivity index (χ1v) is 4.17. The monoisotopic (exact) mass is 171 g/mol. The molecule has 59 valence electrons. The Kier molecular flexibility index (Phi) is 2.15. The van der Waals surface area contributed by atoms with Crippen LogP contribution >= 0.6 is 0 Å². The van der Waals surface area contributed by atoms with Gasteiger partial charge in [0.2, 0.25) is 0 Å². The lowest BCUT2D eigenvalue weighted by molar-refractivity contribution is -0.0982. The minimum Gasteiger partial charge on any atom is -0.616 e. The summed E-state index contributed by atoms with van der Waals surface area (Å²) in [6.45, 7) is 0. The highest BCUT2D eigenvalue weighted by Gasteiger charge is 2.43. The van der Waals surface area contributed by atoms with Crippen molar-refractivity contribution < 1.29 is 17.7 Å². The zero-order valence-electron chi connectivity index (χ0n) is 5.02. The van der Waals surface area contributed by atoms with E-state index in [4.69, 9.17) is 0 Å². The Morgan fingerprint density at radius 2 is 2.10 bits per heavy atom. The summed E-state index contributed by atoms with van der Waals surface area (Å²) in [5.41, 5.74) is 0. The zero-order valence-corrected chi connectivity index (χ0v) is 5.84. The second-order valence-corrected chi connectivity index (χ2v) is 3.90. The SMILES string of the molecule is [O-][S+]1CCC1[CH]C(F)(F)F. The Morgan fingerprint density at radius 1 is 1.50 bits per heavy atom. The Labute approximate surface area is 59.8 Å². The predicted octanol–water partition coefficient (Wildman–Crippen LogP) is 1.27. The van der Waals surface area contributed by atoms with Crippen molar-refractivity contribution in [2.45, 2.75) is 17.8 Å². The molecule has 1 nitrogen and oxygen atoms in total. The van der Waals surface area contributed by atoms with Crippen molar-refractivity contribution in [2.75, 3.05) is 5.75 Å². The Balaban J connectivity index is 2.26. The molecule has 0 bridgehead atoms. The molecular weight excluding hydrogens is 165 g/mol. The smallest absolute Gasteiger partial charge is 0.397 e. The average Bonchev–Trinajstić information content (AvgIpc) is 1.78. The molecule has 0 aromatic heterocycles. The van der Waals surface area contributed by atoms with Gasteiger partial charge in [0.15, 0.2) is 0 Å². The molecule has 0 amide bonds. The molecule has 1 fully saturated rings. The van der Waals surface area contributed by atoms with Gasteiger partial charge in [-0.15, -0.1) is 0 Å². The van der Waals surface area contributed by atoms with Crippen molar-refractivity contribution in [2.24, 2.45) is 0 Å². The van der Waals surface area contributed by atoms with Crippen LogP contribution in [-0.4, -0.2) is 21.7 Å². The fourth-order valence-electron chi connectivity index (χ4n) is 0.720. The normalized spacial score (nSPS) is 33.6. The van der Waals surface area contributed by atoms with Gasteiger partial charge in [0.05, 0.1) is 0 Å². The van der Waals surface area contributed by atoms with Gasteiger partial charge in [-0.05, 0) is 11.2 Å². The first-order valence-electron chi connectivity index (χ1n) is 2.79. The summed E-state index contributed by atoms with van der Waals surface area (Å²) < 4.78 is 45.0. The highest BCUT2D eigenvalue weighted by Crippen LogP contribution is 2.31. The van der Waals surface area contributed by atoms with Gasteiger partial charge in [0, 0.05) is 6.42 Å². The predicted molar refractivity (Wildman–Crippen MR) is 31.8 cm³/mol. The molecule has 0 saturated carbocycles. The van der Waals surface area contributed by atoms with E-state index < -0.39 is 22.6 Å². The first kappa shape index (κ1) is 8.20. The number of halogens is 3. The van der Waals surface area contributed by atoms with E-state index in [1.54, 1.807) is 0 Å². The van der Waals surface area contributed by atoms with Crippen molar-refractivity contribution in [3.05, 3.63) is 6.42 Å². The second kappa shape index (κ2) is 2.62. The number of alkyl halides is 3. The molecule has 10 heavy (non-hydrogen) atoms. The maximum Gasteiger partial charge on any atom is 0.397 e. The van der Waals surface area contributed by atoms with Crippen LogP contribution in [0.3, 0.4) is 0 Å². The molecular formula is C5H6F3OS. The molecule has 1 heterocycles. The molecule has 2 unspecified atom stereocenters. The van der Waals surface area contributed by atoms with Crippen LogP contribution in [0.1, 0.15) is 6.42 Å². The van der Waals surface area contributed by atoms with E-state index in [2.05, 4.69) is 0 Å². The van der Waals surface area contributed by atoms with Gasteiger partial charge in [0.25, 0.3) is 0 Å². The summed E-state index contributed by atoms with van der Waals surface area (Å²) >= 11 is -1.25. The largest absolute Gasteiger partial charge is 0.616 e. The van der Waals surface area contributed by atoms with Gasteiger partial charge in [-0.25, -0.2) is 0 Å². The highest BCUT2D eigenvalue weighted by molar-refractivity contribution is 7.93. The summed E-state index contributed by atoms with van der Waals surface area (Å²) in [6, 6.07) is 0. The molecule has 1 radical (unpaired) electrons. The Bertz CT molecular complexity index is 125. The topological polar surface area (TPSA) is 23.1 Å². The van der Waals surface area contributed by atoms with Crippen molar-refractivity contribution in [1.29, 1.82) is 0 Å². The molecule has 0 aromatic rings. The fraction of sp³-hybridized carbons (Fsp3) is 0.800. The molecule has 0 spiro atoms. The minimum absolute atomic E-state index is 0.215. The van der Waals surface area contributed by atoms with Crippen LogP contribution in [0.2, 0.25) is 0 Å². The van der Waals surface area contributed by atoms with Gasteiger partial charge in [-0.2, -0.15) is 13.2 Å². The molecule has 0 N–H and O–H groups in total. The third-order valence-electron chi connectivity index (χ3n) is 1.32. The van der Waals surface area contributed by atoms with Crippen molar-refractivity contribution in [3.63, 3.8) is 0 Å². The fourth-order valence-corrected chi connectivity index (χ4v) is 1.73. The zero-order chi connectivity index (χ0) is 7.78. The van der Waals surface area contributed by atoms with Gasteiger partial charge < -0.3 is 4.55 Å². The molecule has 1 aliphatic heterocycles. The lowest BCUT2D eigenvalue weighted by atomic mass is 10.2. The number of hydrogen-bond donors (Lipinski definition) is 0. The second-order valence-electron chi connectivity index (χ2n) is 2.12. The van der Waals surface area contributed by atoms with E-state index in [1.165, 1.54) is 0 Å². The van der Waals surface area contributed by atoms with Crippen LogP contribution in [0.25, 0.3) is 0 Å². The van der Waals surface area contributed by atoms with Crippen LogP contribution < -0.4 is 0 Å². The third kappa shape index (κ3) is 2.05. The highest BCUT2D eigenvalue weighted by atomic mass is 32.2. The van der Waals surface area contributed by atoms with Gasteiger partial charge in [-0.3, -0.25) is 0 Å². The van der Waals surface area contributed by atoms with Crippen molar-refractivity contribution >= 4 is 11.2 Å². The van der Waals surface area contributed by atoms with Crippen LogP contribution in [0, 0.1) is 6.42 Å². The number of rotatable bonds is 1. The quantitative estimate of drug-likeness (QED) is 0.545. The number of hydrogen-bond acceptors (Lipinski definition) is 1. The molecule has 1 aliphatic rings. The van der Waals surface area contributed by atoms with Gasteiger partial charge in [-0.1, -0.05) is 0 Å². The van der Waals surface area contributed by atoms with Gasteiger partial charge >= 0.3 is 6.18 Å². The Morgan fingerprint density at radius 3 is 2.20 bits per heavy atom. The third-order valence-corrected chi connectivity index (χ3v) is 3.00. The van der Waals surface area contributed by atoms with E-state index in [0.717, 1.165) is 0 Å². The van der Waals surface area contributed by atoms with Gasteiger partial charge in [0.1, 0.15) is 17.4 Å². The first-order chi connectivity index (χ1) is 4.49. The van der Waals surface area contributed by atoms with E-state index in [-0.39, 0.29) is 6.42 Å². The van der Waals surface area contributed by atoms with Crippen LogP contribution in [0.4, 0.5) is 13.2 Å². The summed E-state index contributed by atoms with van der Waals surface area (Å²) in [7, 11) is 0. The maximum atomic E-state index is 11.5. The minimum atomic E-state index is -4.26. The van der Waals surface area contributed by atoms with E-state index in [1.807, 2.05) is 0 Å². The van der Waals surface area contributed by atoms with E-state index in [0.29, 0.717) is 12.2 Å². The van der Waals surface area contributed by atoms with E-state index >= 15 is 0 Å². The average molecular weight is 171 g/mol.